The van der Waals surface area contributed by atoms with Crippen LogP contribution < -0.4 is 16.0 Å². The molecule has 0 aromatic carbocycles. The Labute approximate surface area is 135 Å². The van der Waals surface area contributed by atoms with Crippen molar-refractivity contribution in [2.75, 3.05) is 20.1 Å². The second kappa shape index (κ2) is 9.01. The molecule has 0 aromatic heterocycles. The lowest BCUT2D eigenvalue weighted by Gasteiger charge is -2.27. The van der Waals surface area contributed by atoms with Crippen molar-refractivity contribution in [2.45, 2.75) is 65.3 Å². The molecule has 0 aromatic rings. The SMILES string of the molecule is CN=C(NCCC1CCCC(C)C1)NCC(=O)NC(C)(C)C. The van der Waals surface area contributed by atoms with Crippen LogP contribution >= 0.6 is 0 Å². The maximum atomic E-state index is 11.8. The number of carbonyl (C=O) groups excluding carboxylic acids is 1. The van der Waals surface area contributed by atoms with Gasteiger partial charge in [0, 0.05) is 19.1 Å². The van der Waals surface area contributed by atoms with Gasteiger partial charge < -0.3 is 16.0 Å². The number of nitrogens with one attached hydrogen (secondary N) is 3. The number of aliphatic imine (C=N–C) groups is 1. The van der Waals surface area contributed by atoms with Gasteiger partial charge in [-0.05, 0) is 45.4 Å². The van der Waals surface area contributed by atoms with Gasteiger partial charge in [-0.3, -0.25) is 9.79 Å². The minimum absolute atomic E-state index is 0.0171. The minimum atomic E-state index is -0.201. The largest absolute Gasteiger partial charge is 0.356 e. The number of amides is 1. The Balaban J connectivity index is 2.21. The van der Waals surface area contributed by atoms with Gasteiger partial charge in [-0.15, -0.1) is 0 Å². The van der Waals surface area contributed by atoms with Crippen LogP contribution in [0.2, 0.25) is 0 Å². The van der Waals surface area contributed by atoms with Crippen molar-refractivity contribution in [3.05, 3.63) is 0 Å². The summed E-state index contributed by atoms with van der Waals surface area (Å²) in [4.78, 5) is 15.9. The standard InChI is InChI=1S/C17H34N4O/c1-13-7-6-8-14(11-13)9-10-19-16(18-5)20-12-15(22)21-17(2,3)4/h13-14H,6-12H2,1-5H3,(H,21,22)(H2,18,19,20). The predicted octanol–water partition coefficient (Wildman–Crippen LogP) is 2.28. The van der Waals surface area contributed by atoms with Crippen molar-refractivity contribution in [3.63, 3.8) is 0 Å². The summed E-state index contributed by atoms with van der Waals surface area (Å²) in [5.41, 5.74) is -0.201. The number of rotatable bonds is 5. The van der Waals surface area contributed by atoms with Gasteiger partial charge in [0.25, 0.3) is 0 Å². The van der Waals surface area contributed by atoms with Crippen LogP contribution in [0.1, 0.15) is 59.8 Å². The van der Waals surface area contributed by atoms with Crippen molar-refractivity contribution in [1.82, 2.24) is 16.0 Å². The summed E-state index contributed by atoms with van der Waals surface area (Å²) in [5.74, 6) is 2.39. The molecule has 1 rings (SSSR count). The highest BCUT2D eigenvalue weighted by atomic mass is 16.2. The van der Waals surface area contributed by atoms with Crippen molar-refractivity contribution < 1.29 is 4.79 Å². The van der Waals surface area contributed by atoms with Crippen LogP contribution in [-0.4, -0.2) is 37.5 Å². The lowest BCUT2D eigenvalue weighted by molar-refractivity contribution is -0.121. The van der Waals surface area contributed by atoms with Gasteiger partial charge in [0.1, 0.15) is 0 Å². The van der Waals surface area contributed by atoms with Crippen molar-refractivity contribution in [3.8, 4) is 0 Å². The third-order valence-electron chi connectivity index (χ3n) is 4.04. The predicted molar refractivity (Wildman–Crippen MR) is 93.0 cm³/mol. The molecule has 1 amide bonds. The zero-order valence-electron chi connectivity index (χ0n) is 15.0. The van der Waals surface area contributed by atoms with Crippen LogP contribution in [0.3, 0.4) is 0 Å². The van der Waals surface area contributed by atoms with Gasteiger partial charge in [-0.1, -0.05) is 26.2 Å². The van der Waals surface area contributed by atoms with E-state index in [4.69, 9.17) is 0 Å². The highest BCUT2D eigenvalue weighted by Gasteiger charge is 2.18. The van der Waals surface area contributed by atoms with Crippen LogP contribution in [0.4, 0.5) is 0 Å². The van der Waals surface area contributed by atoms with Gasteiger partial charge in [0.15, 0.2) is 5.96 Å². The van der Waals surface area contributed by atoms with E-state index in [0.29, 0.717) is 5.96 Å². The van der Waals surface area contributed by atoms with E-state index in [2.05, 4.69) is 27.9 Å². The summed E-state index contributed by atoms with van der Waals surface area (Å²) in [6.07, 6.45) is 6.63. The van der Waals surface area contributed by atoms with Gasteiger partial charge >= 0.3 is 0 Å². The molecule has 0 saturated heterocycles. The molecule has 1 aliphatic rings. The number of guanidine groups is 1. The van der Waals surface area contributed by atoms with Crippen molar-refractivity contribution in [1.29, 1.82) is 0 Å². The maximum Gasteiger partial charge on any atom is 0.239 e. The van der Waals surface area contributed by atoms with Crippen LogP contribution in [0.5, 0.6) is 0 Å². The second-order valence-electron chi connectivity index (χ2n) is 7.58. The number of nitrogens with zero attached hydrogens (tertiary/aromatic N) is 1. The van der Waals surface area contributed by atoms with Crippen molar-refractivity contribution in [2.24, 2.45) is 16.8 Å². The van der Waals surface area contributed by atoms with E-state index in [1.54, 1.807) is 7.05 Å². The molecule has 5 heteroatoms. The fourth-order valence-electron chi connectivity index (χ4n) is 3.06. The van der Waals surface area contributed by atoms with Crippen LogP contribution in [-0.2, 0) is 4.79 Å². The Kier molecular flexibility index (Phi) is 7.69. The number of hydrogen-bond donors (Lipinski definition) is 3. The molecule has 2 atom stereocenters. The Morgan fingerprint density at radius 1 is 1.23 bits per heavy atom. The van der Waals surface area contributed by atoms with E-state index in [1.807, 2.05) is 20.8 Å². The average Bonchev–Trinajstić information content (AvgIpc) is 2.40. The van der Waals surface area contributed by atoms with Crippen LogP contribution in [0.25, 0.3) is 0 Å². The zero-order valence-corrected chi connectivity index (χ0v) is 15.0. The number of carbonyl (C=O) groups is 1. The summed E-state index contributed by atoms with van der Waals surface area (Å²) in [7, 11) is 1.74. The molecule has 0 radical (unpaired) electrons. The topological polar surface area (TPSA) is 65.5 Å². The van der Waals surface area contributed by atoms with Crippen LogP contribution in [0, 0.1) is 11.8 Å². The van der Waals surface area contributed by atoms with E-state index < -0.39 is 0 Å². The summed E-state index contributed by atoms with van der Waals surface area (Å²) >= 11 is 0. The molecule has 0 bridgehead atoms. The first kappa shape index (κ1) is 18.8. The molecule has 0 spiro atoms. The van der Waals surface area contributed by atoms with E-state index >= 15 is 0 Å². The molecule has 1 saturated carbocycles. The first-order valence-electron chi connectivity index (χ1n) is 8.55. The van der Waals surface area contributed by atoms with Gasteiger partial charge in [-0.25, -0.2) is 0 Å². The van der Waals surface area contributed by atoms with E-state index in [1.165, 1.54) is 32.1 Å². The Hall–Kier alpha value is -1.26. The number of hydrogen-bond acceptors (Lipinski definition) is 2. The van der Waals surface area contributed by atoms with Crippen molar-refractivity contribution >= 4 is 11.9 Å². The minimum Gasteiger partial charge on any atom is -0.356 e. The Morgan fingerprint density at radius 3 is 2.55 bits per heavy atom. The third-order valence-corrected chi connectivity index (χ3v) is 4.04. The molecular formula is C17H34N4O. The smallest absolute Gasteiger partial charge is 0.239 e. The molecule has 1 fully saturated rings. The maximum absolute atomic E-state index is 11.8. The Bertz CT molecular complexity index is 373. The molecule has 0 aliphatic heterocycles. The normalized spacial score (nSPS) is 23.0. The lowest BCUT2D eigenvalue weighted by Crippen LogP contribution is -2.48. The van der Waals surface area contributed by atoms with Gasteiger partial charge in [0.2, 0.25) is 5.91 Å². The summed E-state index contributed by atoms with van der Waals surface area (Å²) in [6, 6.07) is 0. The first-order valence-corrected chi connectivity index (χ1v) is 8.55. The molecule has 5 nitrogen and oxygen atoms in total. The highest BCUT2D eigenvalue weighted by Crippen LogP contribution is 2.30. The first-order chi connectivity index (χ1) is 10.3. The molecule has 2 unspecified atom stereocenters. The van der Waals surface area contributed by atoms with Gasteiger partial charge in [-0.2, -0.15) is 0 Å². The summed E-state index contributed by atoms with van der Waals surface area (Å²) in [6.45, 7) is 9.44. The van der Waals surface area contributed by atoms with E-state index in [0.717, 1.165) is 18.4 Å². The molecular weight excluding hydrogens is 276 g/mol. The molecule has 128 valence electrons. The van der Waals surface area contributed by atoms with E-state index in [9.17, 15) is 4.79 Å². The summed E-state index contributed by atoms with van der Waals surface area (Å²) < 4.78 is 0. The summed E-state index contributed by atoms with van der Waals surface area (Å²) in [5, 5.41) is 9.30. The molecule has 22 heavy (non-hydrogen) atoms. The molecule has 3 N–H and O–H groups in total. The monoisotopic (exact) mass is 310 g/mol. The average molecular weight is 310 g/mol. The fourth-order valence-corrected chi connectivity index (χ4v) is 3.06. The zero-order chi connectivity index (χ0) is 16.6. The highest BCUT2D eigenvalue weighted by molar-refractivity contribution is 5.86. The molecule has 0 heterocycles. The quantitative estimate of drug-likeness (QED) is 0.539. The Morgan fingerprint density at radius 2 is 1.95 bits per heavy atom. The van der Waals surface area contributed by atoms with E-state index in [-0.39, 0.29) is 18.0 Å². The lowest BCUT2D eigenvalue weighted by atomic mass is 9.81. The second-order valence-corrected chi connectivity index (χ2v) is 7.58. The third kappa shape index (κ3) is 8.25. The molecule has 1 aliphatic carbocycles. The van der Waals surface area contributed by atoms with Gasteiger partial charge in [0.05, 0.1) is 6.54 Å². The van der Waals surface area contributed by atoms with Crippen LogP contribution in [0.15, 0.2) is 4.99 Å². The fraction of sp³-hybridized carbons (Fsp3) is 0.882.